The molecule has 0 N–H and O–H groups in total. The fourth-order valence-electron chi connectivity index (χ4n) is 2.09. The van der Waals surface area contributed by atoms with Crippen LogP contribution in [-0.2, 0) is 15.1 Å². The summed E-state index contributed by atoms with van der Waals surface area (Å²) < 4.78 is 11.0. The zero-order valence-electron chi connectivity index (χ0n) is 11.1. The van der Waals surface area contributed by atoms with Gasteiger partial charge in [0.2, 0.25) is 5.91 Å². The highest BCUT2D eigenvalue weighted by Gasteiger charge is 2.32. The minimum atomic E-state index is -0.436. The molecular formula is C14H19NO3. The second-order valence-corrected chi connectivity index (χ2v) is 4.82. The lowest BCUT2D eigenvalue weighted by molar-refractivity contribution is -0.136. The molecule has 1 saturated heterocycles. The van der Waals surface area contributed by atoms with Crippen LogP contribution in [0.3, 0.4) is 0 Å². The number of hydrogen-bond donors (Lipinski definition) is 0. The average molecular weight is 249 g/mol. The van der Waals surface area contributed by atoms with Crippen molar-refractivity contribution in [1.29, 1.82) is 0 Å². The lowest BCUT2D eigenvalue weighted by Gasteiger charge is -2.28. The van der Waals surface area contributed by atoms with Crippen molar-refractivity contribution in [3.63, 3.8) is 0 Å². The largest absolute Gasteiger partial charge is 0.497 e. The van der Waals surface area contributed by atoms with E-state index < -0.39 is 5.60 Å². The van der Waals surface area contributed by atoms with Crippen molar-refractivity contribution in [2.75, 3.05) is 27.3 Å². The molecule has 0 bridgehead atoms. The maximum atomic E-state index is 11.6. The Kier molecular flexibility index (Phi) is 3.57. The van der Waals surface area contributed by atoms with E-state index in [0.717, 1.165) is 17.7 Å². The molecule has 1 fully saturated rings. The number of rotatable bonds is 2. The van der Waals surface area contributed by atoms with Gasteiger partial charge in [0.05, 0.1) is 12.7 Å². The summed E-state index contributed by atoms with van der Waals surface area (Å²) in [7, 11) is 3.45. The van der Waals surface area contributed by atoms with Crippen molar-refractivity contribution in [2.45, 2.75) is 18.9 Å². The van der Waals surface area contributed by atoms with E-state index in [1.807, 2.05) is 38.2 Å². The number of ether oxygens (including phenoxy) is 2. The van der Waals surface area contributed by atoms with Gasteiger partial charge in [0.25, 0.3) is 0 Å². The quantitative estimate of drug-likeness (QED) is 0.802. The highest BCUT2D eigenvalue weighted by molar-refractivity contribution is 5.77. The number of carbonyl (C=O) groups is 1. The molecule has 1 unspecified atom stereocenters. The fraction of sp³-hybridized carbons (Fsp3) is 0.500. The minimum Gasteiger partial charge on any atom is -0.497 e. The summed E-state index contributed by atoms with van der Waals surface area (Å²) in [5.74, 6) is 0.836. The first kappa shape index (κ1) is 12.9. The Balaban J connectivity index is 2.26. The van der Waals surface area contributed by atoms with Crippen molar-refractivity contribution in [2.24, 2.45) is 0 Å². The van der Waals surface area contributed by atoms with Gasteiger partial charge in [-0.05, 0) is 31.0 Å². The van der Waals surface area contributed by atoms with E-state index in [0.29, 0.717) is 6.54 Å². The van der Waals surface area contributed by atoms with Gasteiger partial charge in [0.15, 0.2) is 0 Å². The van der Waals surface area contributed by atoms with Gasteiger partial charge in [-0.1, -0.05) is 12.1 Å². The first-order chi connectivity index (χ1) is 8.55. The summed E-state index contributed by atoms with van der Waals surface area (Å²) in [6, 6.07) is 7.83. The van der Waals surface area contributed by atoms with Gasteiger partial charge in [-0.2, -0.15) is 0 Å². The number of methoxy groups -OCH3 is 1. The van der Waals surface area contributed by atoms with Crippen molar-refractivity contribution in [1.82, 2.24) is 4.90 Å². The molecule has 98 valence electrons. The van der Waals surface area contributed by atoms with Gasteiger partial charge >= 0.3 is 0 Å². The topological polar surface area (TPSA) is 38.8 Å². The molecule has 1 heterocycles. The Morgan fingerprint density at radius 2 is 2.22 bits per heavy atom. The summed E-state index contributed by atoms with van der Waals surface area (Å²) in [6.45, 7) is 2.85. The monoisotopic (exact) mass is 249 g/mol. The summed E-state index contributed by atoms with van der Waals surface area (Å²) >= 11 is 0. The van der Waals surface area contributed by atoms with Gasteiger partial charge in [-0.15, -0.1) is 0 Å². The maximum Gasteiger partial charge on any atom is 0.248 e. The normalized spacial score (nSPS) is 24.8. The molecule has 4 nitrogen and oxygen atoms in total. The van der Waals surface area contributed by atoms with Gasteiger partial charge in [0.1, 0.15) is 12.4 Å². The van der Waals surface area contributed by atoms with E-state index in [2.05, 4.69) is 0 Å². The Morgan fingerprint density at radius 3 is 2.94 bits per heavy atom. The highest BCUT2D eigenvalue weighted by Crippen LogP contribution is 2.32. The van der Waals surface area contributed by atoms with Crippen LogP contribution in [0.15, 0.2) is 24.3 Å². The van der Waals surface area contributed by atoms with E-state index >= 15 is 0 Å². The molecule has 18 heavy (non-hydrogen) atoms. The van der Waals surface area contributed by atoms with Crippen LogP contribution in [0.4, 0.5) is 0 Å². The number of nitrogens with zero attached hydrogens (tertiary/aromatic N) is 1. The smallest absolute Gasteiger partial charge is 0.248 e. The van der Waals surface area contributed by atoms with Crippen LogP contribution in [0, 0.1) is 0 Å². The first-order valence-corrected chi connectivity index (χ1v) is 6.07. The number of benzene rings is 1. The lowest BCUT2D eigenvalue weighted by Crippen LogP contribution is -2.28. The molecule has 1 aliphatic rings. The van der Waals surface area contributed by atoms with Crippen molar-refractivity contribution in [3.05, 3.63) is 29.8 Å². The molecule has 1 aliphatic heterocycles. The molecule has 1 amide bonds. The molecular weight excluding hydrogens is 230 g/mol. The average Bonchev–Trinajstić information content (AvgIpc) is 2.53. The first-order valence-electron chi connectivity index (χ1n) is 6.07. The number of carbonyl (C=O) groups excluding carboxylic acids is 1. The second-order valence-electron chi connectivity index (χ2n) is 4.82. The zero-order chi connectivity index (χ0) is 13.2. The highest BCUT2D eigenvalue weighted by atomic mass is 16.5. The number of likely N-dealkylation sites (N-methyl/N-ethyl adjacent to an activating group) is 1. The Hall–Kier alpha value is -1.55. The Morgan fingerprint density at radius 1 is 1.44 bits per heavy atom. The summed E-state index contributed by atoms with van der Waals surface area (Å²) in [6.07, 6.45) is 0.780. The van der Waals surface area contributed by atoms with Crippen molar-refractivity contribution in [3.8, 4) is 5.75 Å². The molecule has 1 atom stereocenters. The number of hydrogen-bond acceptors (Lipinski definition) is 3. The third-order valence-corrected chi connectivity index (χ3v) is 3.54. The fourth-order valence-corrected chi connectivity index (χ4v) is 2.09. The van der Waals surface area contributed by atoms with Crippen LogP contribution in [0.2, 0.25) is 0 Å². The second kappa shape index (κ2) is 4.98. The minimum absolute atomic E-state index is 0.0293. The van der Waals surface area contributed by atoms with Gasteiger partial charge < -0.3 is 14.4 Å². The van der Waals surface area contributed by atoms with E-state index in [-0.39, 0.29) is 12.5 Å². The van der Waals surface area contributed by atoms with Crippen LogP contribution in [0.1, 0.15) is 18.9 Å². The molecule has 0 aromatic heterocycles. The van der Waals surface area contributed by atoms with Crippen LogP contribution in [0.25, 0.3) is 0 Å². The van der Waals surface area contributed by atoms with E-state index in [9.17, 15) is 4.79 Å². The van der Waals surface area contributed by atoms with Gasteiger partial charge in [-0.25, -0.2) is 0 Å². The third-order valence-electron chi connectivity index (χ3n) is 3.54. The van der Waals surface area contributed by atoms with E-state index in [1.165, 1.54) is 0 Å². The summed E-state index contributed by atoms with van der Waals surface area (Å²) in [4.78, 5) is 13.3. The van der Waals surface area contributed by atoms with Crippen molar-refractivity contribution >= 4 is 5.91 Å². The van der Waals surface area contributed by atoms with Crippen LogP contribution >= 0.6 is 0 Å². The molecule has 0 spiro atoms. The van der Waals surface area contributed by atoms with Crippen LogP contribution < -0.4 is 4.74 Å². The molecule has 1 aromatic carbocycles. The maximum absolute atomic E-state index is 11.6. The summed E-state index contributed by atoms with van der Waals surface area (Å²) in [5, 5.41) is 0. The molecule has 2 rings (SSSR count). The van der Waals surface area contributed by atoms with Gasteiger partial charge in [-0.3, -0.25) is 4.79 Å². The van der Waals surface area contributed by atoms with Gasteiger partial charge in [0, 0.05) is 13.6 Å². The zero-order valence-corrected chi connectivity index (χ0v) is 11.1. The molecule has 0 aliphatic carbocycles. The molecule has 4 heteroatoms. The van der Waals surface area contributed by atoms with Crippen LogP contribution in [-0.4, -0.2) is 38.1 Å². The van der Waals surface area contributed by atoms with Crippen LogP contribution in [0.5, 0.6) is 5.75 Å². The standard InChI is InChI=1S/C14H19NO3/c1-14(7-8-15(2)13(16)10-18-14)11-5-4-6-12(9-11)17-3/h4-6,9H,7-8,10H2,1-3H3. The summed E-state index contributed by atoms with van der Waals surface area (Å²) in [5.41, 5.74) is 0.611. The van der Waals surface area contributed by atoms with Crippen molar-refractivity contribution < 1.29 is 14.3 Å². The number of amides is 1. The Bertz CT molecular complexity index is 446. The molecule has 1 aromatic rings. The lowest BCUT2D eigenvalue weighted by atomic mass is 9.92. The molecule has 0 saturated carbocycles. The predicted octanol–water partition coefficient (Wildman–Crippen LogP) is 1.79. The molecule has 0 radical (unpaired) electrons. The Labute approximate surface area is 107 Å². The van der Waals surface area contributed by atoms with E-state index in [4.69, 9.17) is 9.47 Å². The van der Waals surface area contributed by atoms with E-state index in [1.54, 1.807) is 12.0 Å². The third kappa shape index (κ3) is 2.48. The predicted molar refractivity (Wildman–Crippen MR) is 68.6 cm³/mol. The SMILES string of the molecule is COc1cccc(C2(C)CCN(C)C(=O)CO2)c1.